The van der Waals surface area contributed by atoms with Crippen molar-refractivity contribution < 1.29 is 9.53 Å². The lowest BCUT2D eigenvalue weighted by Crippen LogP contribution is -2.44. The van der Waals surface area contributed by atoms with E-state index in [1.807, 2.05) is 18.3 Å². The van der Waals surface area contributed by atoms with E-state index in [2.05, 4.69) is 22.5 Å². The van der Waals surface area contributed by atoms with Crippen LogP contribution in [0, 0.1) is 5.92 Å². The standard InChI is InChI=1S/C15H23N3O2/c1-2-6-17-14-11-20-10-13(14)15(19)18-8-5-12-4-3-7-16-9-12/h3-4,7,9,13-14,17H,2,5-6,8,10-11H2,1H3,(H,18,19). The van der Waals surface area contributed by atoms with Crippen molar-refractivity contribution in [2.24, 2.45) is 5.92 Å². The zero-order chi connectivity index (χ0) is 14.2. The molecule has 0 bridgehead atoms. The number of ether oxygens (including phenoxy) is 1. The molecule has 2 atom stereocenters. The maximum atomic E-state index is 12.2. The average Bonchev–Trinajstić information content (AvgIpc) is 2.94. The van der Waals surface area contributed by atoms with Crippen molar-refractivity contribution in [1.29, 1.82) is 0 Å². The topological polar surface area (TPSA) is 63.2 Å². The smallest absolute Gasteiger partial charge is 0.227 e. The lowest BCUT2D eigenvalue weighted by atomic mass is 10.0. The number of aromatic nitrogens is 1. The largest absolute Gasteiger partial charge is 0.379 e. The molecule has 1 saturated heterocycles. The van der Waals surface area contributed by atoms with Crippen LogP contribution in [0.25, 0.3) is 0 Å². The Morgan fingerprint density at radius 3 is 3.10 bits per heavy atom. The van der Waals surface area contributed by atoms with Gasteiger partial charge in [0.05, 0.1) is 19.1 Å². The van der Waals surface area contributed by atoms with Crippen LogP contribution in [0.4, 0.5) is 0 Å². The van der Waals surface area contributed by atoms with E-state index >= 15 is 0 Å². The van der Waals surface area contributed by atoms with Gasteiger partial charge in [-0.1, -0.05) is 13.0 Å². The number of hydrogen-bond donors (Lipinski definition) is 2. The van der Waals surface area contributed by atoms with Gasteiger partial charge in [0.2, 0.25) is 5.91 Å². The highest BCUT2D eigenvalue weighted by molar-refractivity contribution is 5.79. The summed E-state index contributed by atoms with van der Waals surface area (Å²) in [5.41, 5.74) is 1.14. The summed E-state index contributed by atoms with van der Waals surface area (Å²) in [5, 5.41) is 6.37. The van der Waals surface area contributed by atoms with Gasteiger partial charge in [0.15, 0.2) is 0 Å². The number of nitrogens with one attached hydrogen (secondary N) is 2. The van der Waals surface area contributed by atoms with Crippen LogP contribution < -0.4 is 10.6 Å². The van der Waals surface area contributed by atoms with E-state index in [-0.39, 0.29) is 17.9 Å². The molecule has 2 rings (SSSR count). The van der Waals surface area contributed by atoms with E-state index < -0.39 is 0 Å². The number of pyridine rings is 1. The van der Waals surface area contributed by atoms with E-state index in [1.165, 1.54) is 0 Å². The van der Waals surface area contributed by atoms with Crippen LogP contribution in [-0.2, 0) is 16.0 Å². The first-order valence-electron chi connectivity index (χ1n) is 7.29. The minimum Gasteiger partial charge on any atom is -0.379 e. The molecule has 0 aliphatic carbocycles. The van der Waals surface area contributed by atoms with Gasteiger partial charge in [-0.2, -0.15) is 0 Å². The van der Waals surface area contributed by atoms with E-state index in [9.17, 15) is 4.79 Å². The van der Waals surface area contributed by atoms with Crippen LogP contribution in [0.3, 0.4) is 0 Å². The Labute approximate surface area is 120 Å². The summed E-state index contributed by atoms with van der Waals surface area (Å²) in [6.07, 6.45) is 5.45. The minimum atomic E-state index is -0.0737. The second-order valence-corrected chi connectivity index (χ2v) is 5.11. The normalized spacial score (nSPS) is 21.9. The first kappa shape index (κ1) is 14.9. The average molecular weight is 277 g/mol. The van der Waals surface area contributed by atoms with E-state index in [1.54, 1.807) is 6.20 Å². The second-order valence-electron chi connectivity index (χ2n) is 5.11. The molecule has 5 heteroatoms. The summed E-state index contributed by atoms with van der Waals surface area (Å²) < 4.78 is 5.42. The lowest BCUT2D eigenvalue weighted by molar-refractivity contribution is -0.125. The molecule has 2 unspecified atom stereocenters. The highest BCUT2D eigenvalue weighted by Crippen LogP contribution is 2.13. The van der Waals surface area contributed by atoms with Crippen LogP contribution >= 0.6 is 0 Å². The third-order valence-corrected chi connectivity index (χ3v) is 3.51. The molecule has 0 saturated carbocycles. The summed E-state index contributed by atoms with van der Waals surface area (Å²) in [6.45, 7) is 4.82. The molecule has 1 fully saturated rings. The molecule has 0 radical (unpaired) electrons. The van der Waals surface area contributed by atoms with E-state index in [4.69, 9.17) is 4.74 Å². The molecule has 1 aliphatic rings. The third kappa shape index (κ3) is 4.28. The molecule has 0 spiro atoms. The summed E-state index contributed by atoms with van der Waals surface area (Å²) in [7, 11) is 0. The summed E-state index contributed by atoms with van der Waals surface area (Å²) in [6, 6.07) is 4.07. The molecule has 1 aromatic rings. The molecule has 1 amide bonds. The highest BCUT2D eigenvalue weighted by atomic mass is 16.5. The molecule has 2 heterocycles. The van der Waals surface area contributed by atoms with Gasteiger partial charge in [-0.15, -0.1) is 0 Å². The van der Waals surface area contributed by atoms with Crippen LogP contribution in [0.5, 0.6) is 0 Å². The fourth-order valence-corrected chi connectivity index (χ4v) is 2.35. The molecule has 1 aliphatic heterocycles. The van der Waals surface area contributed by atoms with Gasteiger partial charge in [0.25, 0.3) is 0 Å². The van der Waals surface area contributed by atoms with Gasteiger partial charge in [-0.25, -0.2) is 0 Å². The van der Waals surface area contributed by atoms with Crippen molar-refractivity contribution in [3.8, 4) is 0 Å². The Kier molecular flexibility index (Phi) is 5.95. The molecular formula is C15H23N3O2. The molecule has 2 N–H and O–H groups in total. The Balaban J connectivity index is 1.73. The molecular weight excluding hydrogens is 254 g/mol. The monoisotopic (exact) mass is 277 g/mol. The second kappa shape index (κ2) is 7.97. The maximum absolute atomic E-state index is 12.2. The third-order valence-electron chi connectivity index (χ3n) is 3.51. The number of carbonyl (C=O) groups is 1. The summed E-state index contributed by atoms with van der Waals surface area (Å²) in [5.74, 6) is 0.00967. The minimum absolute atomic E-state index is 0.0737. The fourth-order valence-electron chi connectivity index (χ4n) is 2.35. The van der Waals surface area contributed by atoms with Crippen LogP contribution in [0.2, 0.25) is 0 Å². The van der Waals surface area contributed by atoms with E-state index in [0.29, 0.717) is 19.8 Å². The lowest BCUT2D eigenvalue weighted by Gasteiger charge is -2.18. The number of nitrogens with zero attached hydrogens (tertiary/aromatic N) is 1. The Hall–Kier alpha value is -1.46. The SMILES string of the molecule is CCCNC1COCC1C(=O)NCCc1cccnc1. The Bertz CT molecular complexity index is 411. The van der Waals surface area contributed by atoms with Gasteiger partial charge in [-0.05, 0) is 31.0 Å². The van der Waals surface area contributed by atoms with Crippen LogP contribution in [-0.4, -0.2) is 43.2 Å². The van der Waals surface area contributed by atoms with E-state index in [0.717, 1.165) is 24.9 Å². The molecule has 110 valence electrons. The van der Waals surface area contributed by atoms with Crippen molar-refractivity contribution in [3.05, 3.63) is 30.1 Å². The summed E-state index contributed by atoms with van der Waals surface area (Å²) >= 11 is 0. The molecule has 5 nitrogen and oxygen atoms in total. The number of rotatable bonds is 7. The first-order chi connectivity index (χ1) is 9.81. The Morgan fingerprint density at radius 2 is 2.35 bits per heavy atom. The number of carbonyl (C=O) groups excluding carboxylic acids is 1. The van der Waals surface area contributed by atoms with Crippen molar-refractivity contribution in [2.45, 2.75) is 25.8 Å². The molecule has 20 heavy (non-hydrogen) atoms. The van der Waals surface area contributed by atoms with Gasteiger partial charge in [0.1, 0.15) is 0 Å². The number of hydrogen-bond acceptors (Lipinski definition) is 4. The van der Waals surface area contributed by atoms with Crippen molar-refractivity contribution in [1.82, 2.24) is 15.6 Å². The van der Waals surface area contributed by atoms with Crippen molar-refractivity contribution in [3.63, 3.8) is 0 Å². The first-order valence-corrected chi connectivity index (χ1v) is 7.29. The predicted octanol–water partition coefficient (Wildman–Crippen LogP) is 0.755. The Morgan fingerprint density at radius 1 is 1.45 bits per heavy atom. The van der Waals surface area contributed by atoms with Gasteiger partial charge < -0.3 is 15.4 Å². The van der Waals surface area contributed by atoms with Crippen molar-refractivity contribution in [2.75, 3.05) is 26.3 Å². The van der Waals surface area contributed by atoms with Crippen LogP contribution in [0.15, 0.2) is 24.5 Å². The molecule has 0 aromatic carbocycles. The van der Waals surface area contributed by atoms with Gasteiger partial charge >= 0.3 is 0 Å². The van der Waals surface area contributed by atoms with Gasteiger partial charge in [-0.3, -0.25) is 9.78 Å². The number of amides is 1. The fraction of sp³-hybridized carbons (Fsp3) is 0.600. The predicted molar refractivity (Wildman–Crippen MR) is 77.3 cm³/mol. The zero-order valence-electron chi connectivity index (χ0n) is 12.0. The zero-order valence-corrected chi connectivity index (χ0v) is 12.0. The maximum Gasteiger partial charge on any atom is 0.227 e. The van der Waals surface area contributed by atoms with Crippen LogP contribution in [0.1, 0.15) is 18.9 Å². The quantitative estimate of drug-likeness (QED) is 0.772. The van der Waals surface area contributed by atoms with Gasteiger partial charge in [0, 0.05) is 25.0 Å². The summed E-state index contributed by atoms with van der Waals surface area (Å²) in [4.78, 5) is 16.2. The highest BCUT2D eigenvalue weighted by Gasteiger charge is 2.33. The van der Waals surface area contributed by atoms with Crippen molar-refractivity contribution >= 4 is 5.91 Å². The molecule has 1 aromatic heterocycles.